The SMILES string of the molecule is NC(N)=O.N[C@@H](CCC(=O)N[C@@H](CS)C(=O)NCC(=O)O)C(=O)O. The zero-order chi connectivity index (χ0) is 19.3. The van der Waals surface area contributed by atoms with Crippen LogP contribution in [0.5, 0.6) is 0 Å². The lowest BCUT2D eigenvalue weighted by Crippen LogP contribution is -2.49. The van der Waals surface area contributed by atoms with Crippen molar-refractivity contribution in [1.29, 1.82) is 0 Å². The van der Waals surface area contributed by atoms with Crippen LogP contribution in [0.25, 0.3) is 0 Å². The number of carboxylic acids is 2. The van der Waals surface area contributed by atoms with Crippen LogP contribution in [0.1, 0.15) is 12.8 Å². The van der Waals surface area contributed by atoms with E-state index >= 15 is 0 Å². The molecule has 0 saturated heterocycles. The summed E-state index contributed by atoms with van der Waals surface area (Å²) in [6.07, 6.45) is -0.235. The van der Waals surface area contributed by atoms with Crippen molar-refractivity contribution in [2.24, 2.45) is 17.2 Å². The number of rotatable bonds is 9. The van der Waals surface area contributed by atoms with Crippen LogP contribution in [0.2, 0.25) is 0 Å². The quantitative estimate of drug-likeness (QED) is 0.193. The molecule has 0 aliphatic carbocycles. The first-order valence-corrected chi connectivity index (χ1v) is 7.07. The highest BCUT2D eigenvalue weighted by Crippen LogP contribution is 1.97. The maximum Gasteiger partial charge on any atom is 0.322 e. The third-order valence-electron chi connectivity index (χ3n) is 2.25. The fourth-order valence-electron chi connectivity index (χ4n) is 1.16. The van der Waals surface area contributed by atoms with Gasteiger partial charge in [0.2, 0.25) is 11.8 Å². The summed E-state index contributed by atoms with van der Waals surface area (Å²) in [5, 5.41) is 21.4. The molecule has 0 bridgehead atoms. The average molecular weight is 367 g/mol. The highest BCUT2D eigenvalue weighted by Gasteiger charge is 2.20. The van der Waals surface area contributed by atoms with Gasteiger partial charge in [-0.15, -0.1) is 0 Å². The second-order valence-electron chi connectivity index (χ2n) is 4.30. The van der Waals surface area contributed by atoms with Gasteiger partial charge < -0.3 is 38.0 Å². The number of thiol groups is 1. The van der Waals surface area contributed by atoms with Crippen LogP contribution in [0, 0.1) is 0 Å². The van der Waals surface area contributed by atoms with Gasteiger partial charge in [-0.1, -0.05) is 0 Å². The lowest BCUT2D eigenvalue weighted by atomic mass is 10.1. The van der Waals surface area contributed by atoms with Crippen LogP contribution < -0.4 is 27.8 Å². The van der Waals surface area contributed by atoms with Gasteiger partial charge >= 0.3 is 18.0 Å². The molecule has 0 aromatic rings. The Kier molecular flexibility index (Phi) is 12.8. The Balaban J connectivity index is 0. The normalized spacial score (nSPS) is 11.9. The minimum atomic E-state index is -1.22. The fourth-order valence-corrected chi connectivity index (χ4v) is 1.41. The van der Waals surface area contributed by atoms with E-state index < -0.39 is 48.4 Å². The topological polar surface area (TPSA) is 228 Å². The van der Waals surface area contributed by atoms with E-state index in [2.05, 4.69) is 34.7 Å². The van der Waals surface area contributed by atoms with Crippen molar-refractivity contribution in [1.82, 2.24) is 10.6 Å². The van der Waals surface area contributed by atoms with Crippen molar-refractivity contribution in [3.05, 3.63) is 0 Å². The number of carbonyl (C=O) groups is 5. The molecule has 0 saturated carbocycles. The molecule has 4 amide bonds. The summed E-state index contributed by atoms with van der Waals surface area (Å²) < 4.78 is 0. The number of amides is 4. The summed E-state index contributed by atoms with van der Waals surface area (Å²) in [7, 11) is 0. The van der Waals surface area contributed by atoms with Gasteiger partial charge in [-0.25, -0.2) is 4.79 Å². The largest absolute Gasteiger partial charge is 0.480 e. The number of carboxylic acid groups (broad SMARTS) is 2. The third-order valence-corrected chi connectivity index (χ3v) is 2.61. The molecule has 0 aromatic heterocycles. The Morgan fingerprint density at radius 1 is 1.08 bits per heavy atom. The van der Waals surface area contributed by atoms with Crippen LogP contribution in [0.15, 0.2) is 0 Å². The van der Waals surface area contributed by atoms with Crippen molar-refractivity contribution in [3.8, 4) is 0 Å². The van der Waals surface area contributed by atoms with Crippen molar-refractivity contribution >= 4 is 42.4 Å². The molecule has 0 aromatic carbocycles. The average Bonchev–Trinajstić information content (AvgIpc) is 2.46. The second kappa shape index (κ2) is 13.0. The van der Waals surface area contributed by atoms with E-state index in [4.69, 9.17) is 20.7 Å². The Hall–Kier alpha value is -2.54. The smallest absolute Gasteiger partial charge is 0.322 e. The number of urea groups is 1. The maximum atomic E-state index is 11.5. The number of primary amides is 2. The molecule has 10 N–H and O–H groups in total. The van der Waals surface area contributed by atoms with E-state index in [0.29, 0.717) is 0 Å². The van der Waals surface area contributed by atoms with E-state index in [1.807, 2.05) is 0 Å². The predicted octanol–water partition coefficient (Wildman–Crippen LogP) is -3.18. The van der Waals surface area contributed by atoms with Crippen molar-refractivity contribution < 1.29 is 34.2 Å². The Morgan fingerprint density at radius 2 is 1.58 bits per heavy atom. The molecule has 0 radical (unpaired) electrons. The first-order valence-electron chi connectivity index (χ1n) is 6.44. The van der Waals surface area contributed by atoms with Gasteiger partial charge in [0, 0.05) is 12.2 Å². The molecule has 12 nitrogen and oxygen atoms in total. The highest BCUT2D eigenvalue weighted by molar-refractivity contribution is 7.80. The fraction of sp³-hybridized carbons (Fsp3) is 0.545. The van der Waals surface area contributed by atoms with Gasteiger partial charge in [-0.05, 0) is 6.42 Å². The van der Waals surface area contributed by atoms with E-state index in [-0.39, 0.29) is 18.6 Å². The highest BCUT2D eigenvalue weighted by atomic mass is 32.1. The molecule has 0 rings (SSSR count). The molecule has 0 heterocycles. The Bertz CT molecular complexity index is 470. The monoisotopic (exact) mass is 367 g/mol. The Morgan fingerprint density at radius 3 is 1.96 bits per heavy atom. The van der Waals surface area contributed by atoms with E-state index in [1.165, 1.54) is 0 Å². The van der Waals surface area contributed by atoms with Gasteiger partial charge in [0.05, 0.1) is 0 Å². The van der Waals surface area contributed by atoms with Crippen LogP contribution >= 0.6 is 12.6 Å². The lowest BCUT2D eigenvalue weighted by Gasteiger charge is -2.16. The first kappa shape index (κ1) is 23.7. The molecule has 0 fully saturated rings. The van der Waals surface area contributed by atoms with Crippen LogP contribution in [0.3, 0.4) is 0 Å². The number of nitrogens with one attached hydrogen (secondary N) is 2. The molecule has 0 aliphatic heterocycles. The second-order valence-corrected chi connectivity index (χ2v) is 4.67. The van der Waals surface area contributed by atoms with Gasteiger partial charge in [0.1, 0.15) is 18.6 Å². The standard InChI is InChI=1S/C10H17N3O6S.CH4N2O/c11-5(10(18)19)1-2-7(14)13-6(4-20)9(17)12-3-8(15)16;2-1(3)4/h5-6,20H,1-4,11H2,(H,12,17)(H,13,14)(H,15,16)(H,18,19);(H4,2,3,4)/t5-,6-;/m0./s1. The molecule has 0 unspecified atom stereocenters. The van der Waals surface area contributed by atoms with Gasteiger partial charge in [0.25, 0.3) is 0 Å². The van der Waals surface area contributed by atoms with Crippen LogP contribution in [0.4, 0.5) is 4.79 Å². The summed E-state index contributed by atoms with van der Waals surface area (Å²) >= 11 is 3.87. The number of nitrogens with two attached hydrogens (primary N) is 3. The molecule has 2 atom stereocenters. The molecule has 0 spiro atoms. The first-order chi connectivity index (χ1) is 11.0. The van der Waals surface area contributed by atoms with Crippen molar-refractivity contribution in [3.63, 3.8) is 0 Å². The lowest BCUT2D eigenvalue weighted by molar-refractivity contribution is -0.139. The number of hydrogen-bond acceptors (Lipinski definition) is 7. The van der Waals surface area contributed by atoms with Crippen LogP contribution in [-0.4, -0.2) is 64.4 Å². The summed E-state index contributed by atoms with van der Waals surface area (Å²) in [4.78, 5) is 52.7. The zero-order valence-electron chi connectivity index (χ0n) is 12.6. The van der Waals surface area contributed by atoms with E-state index in [9.17, 15) is 19.2 Å². The predicted molar refractivity (Wildman–Crippen MR) is 85.0 cm³/mol. The minimum absolute atomic E-state index is 0.0256. The summed E-state index contributed by atoms with van der Waals surface area (Å²) in [6.45, 7) is -0.567. The van der Waals surface area contributed by atoms with Crippen molar-refractivity contribution in [2.45, 2.75) is 24.9 Å². The number of carbonyl (C=O) groups excluding carboxylic acids is 3. The summed E-state index contributed by atoms with van der Waals surface area (Å²) in [5.74, 6) is -3.70. The van der Waals surface area contributed by atoms with E-state index in [0.717, 1.165) is 0 Å². The molecule has 0 aliphatic rings. The Labute approximate surface area is 142 Å². The zero-order valence-corrected chi connectivity index (χ0v) is 13.5. The number of aliphatic carboxylic acids is 2. The molecule has 138 valence electrons. The van der Waals surface area contributed by atoms with Gasteiger partial charge in [-0.3, -0.25) is 19.2 Å². The molecular weight excluding hydrogens is 346 g/mol. The van der Waals surface area contributed by atoms with Gasteiger partial charge in [0.15, 0.2) is 0 Å². The maximum absolute atomic E-state index is 11.5. The van der Waals surface area contributed by atoms with Crippen LogP contribution in [-0.2, 0) is 19.2 Å². The molecule has 24 heavy (non-hydrogen) atoms. The molecule has 13 heteroatoms. The third kappa shape index (κ3) is 14.4. The number of hydrogen-bond donors (Lipinski definition) is 8. The molecular formula is C11H21N5O7S. The summed E-state index contributed by atoms with van der Waals surface area (Å²) in [6, 6.07) is -2.98. The summed E-state index contributed by atoms with van der Waals surface area (Å²) in [5.41, 5.74) is 13.7. The van der Waals surface area contributed by atoms with Crippen molar-refractivity contribution in [2.75, 3.05) is 12.3 Å². The van der Waals surface area contributed by atoms with E-state index in [1.54, 1.807) is 0 Å². The van der Waals surface area contributed by atoms with Gasteiger partial charge in [-0.2, -0.15) is 12.6 Å². The minimum Gasteiger partial charge on any atom is -0.480 e.